The molecule has 0 saturated carbocycles. The molecule has 2 fully saturated rings. The third-order valence-electron chi connectivity index (χ3n) is 7.01. The van der Waals surface area contributed by atoms with Crippen molar-refractivity contribution in [1.29, 1.82) is 0 Å². The standard InChI is InChI=1S/C28H48O9/c1-4-5-13-16-22-17-14-11-9-7-6-8-10-12-15-18-24(32)37-27-26(34-21(3)31)25(33-20(2)30)23(19-29)36-28(27)35-22/h22-23,25-29H,4-19H2,1-3H3/t22-,23-,25-,26-,27+,28+/m1/s1. The number of ether oxygens (including phenoxy) is 5. The summed E-state index contributed by atoms with van der Waals surface area (Å²) in [7, 11) is 0. The van der Waals surface area contributed by atoms with Crippen molar-refractivity contribution in [3.05, 3.63) is 0 Å². The largest absolute Gasteiger partial charge is 0.456 e. The lowest BCUT2D eigenvalue weighted by molar-refractivity contribution is -0.317. The molecule has 0 aromatic rings. The molecule has 214 valence electrons. The van der Waals surface area contributed by atoms with Crippen molar-refractivity contribution in [2.45, 2.75) is 154 Å². The molecule has 2 heterocycles. The van der Waals surface area contributed by atoms with E-state index in [0.29, 0.717) is 6.42 Å². The lowest BCUT2D eigenvalue weighted by atomic mass is 9.97. The maximum atomic E-state index is 12.9. The molecule has 0 radical (unpaired) electrons. The molecule has 0 bridgehead atoms. The fourth-order valence-corrected chi connectivity index (χ4v) is 5.10. The molecule has 9 nitrogen and oxygen atoms in total. The quantitative estimate of drug-likeness (QED) is 0.284. The molecule has 0 spiro atoms. The minimum absolute atomic E-state index is 0.143. The molecular formula is C28H48O9. The molecule has 0 unspecified atom stereocenters. The number of hydrogen-bond acceptors (Lipinski definition) is 9. The van der Waals surface area contributed by atoms with Crippen LogP contribution in [0.1, 0.15) is 117 Å². The molecule has 2 rings (SSSR count). The highest BCUT2D eigenvalue weighted by Crippen LogP contribution is 2.32. The fraction of sp³-hybridized carbons (Fsp3) is 0.893. The Kier molecular flexibility index (Phi) is 15.1. The molecule has 0 amide bonds. The molecule has 2 saturated heterocycles. The van der Waals surface area contributed by atoms with E-state index < -0.39 is 55.2 Å². The number of fused-ring (bicyclic) bond motifs is 1. The number of unbranched alkanes of at least 4 members (excludes halogenated alkanes) is 2. The summed E-state index contributed by atoms with van der Waals surface area (Å²) in [6.07, 6.45) is 9.01. The van der Waals surface area contributed by atoms with Crippen LogP contribution in [-0.2, 0) is 38.1 Å². The number of hydrogen-bond donors (Lipinski definition) is 1. The van der Waals surface area contributed by atoms with Gasteiger partial charge in [-0.15, -0.1) is 0 Å². The highest BCUT2D eigenvalue weighted by molar-refractivity contribution is 5.70. The van der Waals surface area contributed by atoms with Crippen LogP contribution in [0.3, 0.4) is 0 Å². The van der Waals surface area contributed by atoms with E-state index in [1.807, 2.05) is 0 Å². The maximum Gasteiger partial charge on any atom is 0.306 e. The zero-order chi connectivity index (χ0) is 27.0. The first-order chi connectivity index (χ1) is 17.8. The molecule has 2 aliphatic rings. The SMILES string of the molecule is CCCCC[C@@H]1CCCCCCCCCCCC(=O)O[C@@H]2[C@@H](O1)O[C@H](CO)[C@@H](OC(C)=O)[C@H]2OC(C)=O. The predicted molar refractivity (Wildman–Crippen MR) is 137 cm³/mol. The molecule has 37 heavy (non-hydrogen) atoms. The third-order valence-corrected chi connectivity index (χ3v) is 7.01. The fourth-order valence-electron chi connectivity index (χ4n) is 5.10. The van der Waals surface area contributed by atoms with Crippen LogP contribution in [0.2, 0.25) is 0 Å². The van der Waals surface area contributed by atoms with E-state index in [2.05, 4.69) is 6.92 Å². The first-order valence-corrected chi connectivity index (χ1v) is 14.3. The number of aliphatic hydroxyl groups is 1. The van der Waals surface area contributed by atoms with E-state index in [0.717, 1.165) is 64.2 Å². The van der Waals surface area contributed by atoms with Gasteiger partial charge in [0.05, 0.1) is 12.7 Å². The van der Waals surface area contributed by atoms with E-state index in [1.54, 1.807) is 0 Å². The highest BCUT2D eigenvalue weighted by Gasteiger charge is 2.52. The van der Waals surface area contributed by atoms with Gasteiger partial charge < -0.3 is 28.8 Å². The van der Waals surface area contributed by atoms with Gasteiger partial charge in [0, 0.05) is 20.3 Å². The molecule has 1 N–H and O–H groups in total. The van der Waals surface area contributed by atoms with Gasteiger partial charge in [0.25, 0.3) is 0 Å². The van der Waals surface area contributed by atoms with Crippen molar-refractivity contribution in [2.24, 2.45) is 0 Å². The lowest BCUT2D eigenvalue weighted by Crippen LogP contribution is -2.63. The molecule has 0 aromatic carbocycles. The van der Waals surface area contributed by atoms with Crippen molar-refractivity contribution in [2.75, 3.05) is 6.61 Å². The number of carbonyl (C=O) groups excluding carboxylic acids is 3. The zero-order valence-corrected chi connectivity index (χ0v) is 23.0. The summed E-state index contributed by atoms with van der Waals surface area (Å²) in [5, 5.41) is 10.0. The van der Waals surface area contributed by atoms with Crippen molar-refractivity contribution < 1.29 is 43.2 Å². The topological polar surface area (TPSA) is 118 Å². The van der Waals surface area contributed by atoms with Gasteiger partial charge in [-0.25, -0.2) is 0 Å². The minimum atomic E-state index is -1.17. The monoisotopic (exact) mass is 528 g/mol. The average Bonchev–Trinajstić information content (AvgIpc) is 2.84. The average molecular weight is 529 g/mol. The molecule has 6 atom stereocenters. The second-order valence-corrected chi connectivity index (χ2v) is 10.3. The van der Waals surface area contributed by atoms with E-state index in [-0.39, 0.29) is 12.5 Å². The first-order valence-electron chi connectivity index (χ1n) is 14.3. The van der Waals surface area contributed by atoms with Crippen molar-refractivity contribution in [1.82, 2.24) is 0 Å². The maximum absolute atomic E-state index is 12.9. The van der Waals surface area contributed by atoms with Crippen molar-refractivity contribution in [3.63, 3.8) is 0 Å². The van der Waals surface area contributed by atoms with Crippen LogP contribution >= 0.6 is 0 Å². The van der Waals surface area contributed by atoms with Gasteiger partial charge in [0.1, 0.15) is 6.10 Å². The summed E-state index contributed by atoms with van der Waals surface area (Å²) in [4.78, 5) is 36.8. The van der Waals surface area contributed by atoms with Crippen molar-refractivity contribution >= 4 is 17.9 Å². The predicted octanol–water partition coefficient (Wildman–Crippen LogP) is 4.75. The summed E-state index contributed by atoms with van der Waals surface area (Å²) in [6.45, 7) is 4.11. The first kappa shape index (κ1) is 31.5. The Labute approximate surface area is 221 Å². The van der Waals surface area contributed by atoms with Gasteiger partial charge >= 0.3 is 17.9 Å². The second-order valence-electron chi connectivity index (χ2n) is 10.3. The van der Waals surface area contributed by atoms with E-state index in [1.165, 1.54) is 33.1 Å². The summed E-state index contributed by atoms with van der Waals surface area (Å²) in [5.41, 5.74) is 0. The Balaban J connectivity index is 2.34. The van der Waals surface area contributed by atoms with Gasteiger partial charge in [-0.2, -0.15) is 0 Å². The van der Waals surface area contributed by atoms with Crippen LogP contribution in [0.4, 0.5) is 0 Å². The summed E-state index contributed by atoms with van der Waals surface area (Å²) < 4.78 is 29.3. The van der Waals surface area contributed by atoms with Crippen LogP contribution in [0, 0.1) is 0 Å². The Hall–Kier alpha value is -1.71. The van der Waals surface area contributed by atoms with E-state index in [4.69, 9.17) is 23.7 Å². The van der Waals surface area contributed by atoms with E-state index in [9.17, 15) is 19.5 Å². The van der Waals surface area contributed by atoms with Gasteiger partial charge in [0.15, 0.2) is 24.6 Å². The van der Waals surface area contributed by atoms with Gasteiger partial charge in [-0.1, -0.05) is 77.6 Å². The number of esters is 3. The highest BCUT2D eigenvalue weighted by atomic mass is 16.7. The third kappa shape index (κ3) is 11.7. The smallest absolute Gasteiger partial charge is 0.306 e. The second kappa shape index (κ2) is 17.7. The zero-order valence-electron chi connectivity index (χ0n) is 23.0. The van der Waals surface area contributed by atoms with Crippen molar-refractivity contribution in [3.8, 4) is 0 Å². The molecular weight excluding hydrogens is 480 g/mol. The minimum Gasteiger partial charge on any atom is -0.456 e. The number of aliphatic hydroxyl groups excluding tert-OH is 1. The van der Waals surface area contributed by atoms with Crippen LogP contribution in [-0.4, -0.2) is 66.4 Å². The number of carbonyl (C=O) groups is 3. The Bertz CT molecular complexity index is 683. The molecule has 2 aliphatic heterocycles. The van der Waals surface area contributed by atoms with Crippen LogP contribution in [0.25, 0.3) is 0 Å². The molecule has 0 aliphatic carbocycles. The Morgan fingerprint density at radius 2 is 1.46 bits per heavy atom. The van der Waals surface area contributed by atoms with Crippen LogP contribution in [0.15, 0.2) is 0 Å². The molecule has 0 aromatic heterocycles. The Morgan fingerprint density at radius 1 is 0.865 bits per heavy atom. The summed E-state index contributed by atoms with van der Waals surface area (Å²) in [6, 6.07) is 0. The molecule has 9 heteroatoms. The lowest BCUT2D eigenvalue weighted by Gasteiger charge is -2.44. The van der Waals surface area contributed by atoms with Crippen LogP contribution < -0.4 is 0 Å². The van der Waals surface area contributed by atoms with Gasteiger partial charge in [-0.3, -0.25) is 14.4 Å². The Morgan fingerprint density at radius 3 is 2.05 bits per heavy atom. The van der Waals surface area contributed by atoms with Gasteiger partial charge in [-0.05, 0) is 19.3 Å². The summed E-state index contributed by atoms with van der Waals surface area (Å²) in [5.74, 6) is -1.70. The summed E-state index contributed by atoms with van der Waals surface area (Å²) >= 11 is 0. The normalized spacial score (nSPS) is 30.9. The van der Waals surface area contributed by atoms with Crippen LogP contribution in [0.5, 0.6) is 0 Å². The number of rotatable bonds is 7. The van der Waals surface area contributed by atoms with E-state index >= 15 is 0 Å². The van der Waals surface area contributed by atoms with Gasteiger partial charge in [0.2, 0.25) is 0 Å².